The summed E-state index contributed by atoms with van der Waals surface area (Å²) in [5, 5.41) is 9.00. The highest BCUT2D eigenvalue weighted by Gasteiger charge is 2.14. The van der Waals surface area contributed by atoms with Crippen LogP contribution in [0.4, 0.5) is 0 Å². The molecule has 0 saturated carbocycles. The first-order chi connectivity index (χ1) is 8.11. The van der Waals surface area contributed by atoms with Gasteiger partial charge in [0.25, 0.3) is 0 Å². The van der Waals surface area contributed by atoms with E-state index in [9.17, 15) is 4.79 Å². The third kappa shape index (κ3) is 2.42. The minimum absolute atomic E-state index is 0.247. The van der Waals surface area contributed by atoms with Crippen molar-refractivity contribution in [3.05, 3.63) is 57.0 Å². The first kappa shape index (κ1) is 12.3. The Labute approximate surface area is 116 Å². The second kappa shape index (κ2) is 5.02. The van der Waals surface area contributed by atoms with Gasteiger partial charge in [-0.3, -0.25) is 0 Å². The Morgan fingerprint density at radius 3 is 2.18 bits per heavy atom. The SMILES string of the molecule is O=C(O)c1ccc(-c2ccccc2)c(Br)c1Br. The van der Waals surface area contributed by atoms with Gasteiger partial charge >= 0.3 is 5.97 Å². The zero-order chi connectivity index (χ0) is 12.4. The highest BCUT2D eigenvalue weighted by molar-refractivity contribution is 9.13. The number of hydrogen-bond acceptors (Lipinski definition) is 1. The van der Waals surface area contributed by atoms with Crippen molar-refractivity contribution < 1.29 is 9.90 Å². The average Bonchev–Trinajstić information content (AvgIpc) is 2.33. The van der Waals surface area contributed by atoms with Crippen molar-refractivity contribution in [2.45, 2.75) is 0 Å². The van der Waals surface area contributed by atoms with Crippen molar-refractivity contribution in [1.29, 1.82) is 0 Å². The Balaban J connectivity index is 2.60. The first-order valence-corrected chi connectivity index (χ1v) is 6.46. The van der Waals surface area contributed by atoms with Crippen LogP contribution in [0.2, 0.25) is 0 Å². The van der Waals surface area contributed by atoms with Gasteiger partial charge in [0.2, 0.25) is 0 Å². The van der Waals surface area contributed by atoms with Crippen molar-refractivity contribution in [2.75, 3.05) is 0 Å². The zero-order valence-electron chi connectivity index (χ0n) is 8.65. The van der Waals surface area contributed by atoms with Gasteiger partial charge in [-0.2, -0.15) is 0 Å². The number of benzene rings is 2. The number of rotatable bonds is 2. The quantitative estimate of drug-likeness (QED) is 0.856. The number of halogens is 2. The molecule has 0 fully saturated rings. The molecule has 0 aliphatic rings. The van der Waals surface area contributed by atoms with Crippen LogP contribution in [0.3, 0.4) is 0 Å². The highest BCUT2D eigenvalue weighted by atomic mass is 79.9. The number of carboxylic acids is 1. The summed E-state index contributed by atoms with van der Waals surface area (Å²) in [6.45, 7) is 0. The third-order valence-corrected chi connectivity index (χ3v) is 4.58. The molecule has 0 atom stereocenters. The standard InChI is InChI=1S/C13H8Br2O2/c14-11-9(8-4-2-1-3-5-8)6-7-10(12(11)15)13(16)17/h1-7H,(H,16,17). The molecule has 1 N–H and O–H groups in total. The monoisotopic (exact) mass is 354 g/mol. The van der Waals surface area contributed by atoms with Gasteiger partial charge in [-0.25, -0.2) is 4.79 Å². The first-order valence-electron chi connectivity index (χ1n) is 4.88. The number of hydrogen-bond donors (Lipinski definition) is 1. The van der Waals surface area contributed by atoms with Crippen LogP contribution in [-0.4, -0.2) is 11.1 Å². The second-order valence-corrected chi connectivity index (χ2v) is 5.05. The van der Waals surface area contributed by atoms with Gasteiger partial charge in [0, 0.05) is 8.95 Å². The van der Waals surface area contributed by atoms with E-state index in [-0.39, 0.29) is 5.56 Å². The molecule has 0 radical (unpaired) electrons. The molecule has 4 heteroatoms. The number of aromatic carboxylic acids is 1. The van der Waals surface area contributed by atoms with Gasteiger partial charge in [0.1, 0.15) is 0 Å². The normalized spacial score (nSPS) is 10.2. The van der Waals surface area contributed by atoms with Crippen LogP contribution in [0.1, 0.15) is 10.4 Å². The summed E-state index contributed by atoms with van der Waals surface area (Å²) in [5.41, 5.74) is 2.25. The lowest BCUT2D eigenvalue weighted by Crippen LogP contribution is -1.98. The Morgan fingerprint density at radius 1 is 0.941 bits per heavy atom. The molecule has 17 heavy (non-hydrogen) atoms. The highest BCUT2D eigenvalue weighted by Crippen LogP contribution is 2.36. The van der Waals surface area contributed by atoms with Crippen LogP contribution in [0.25, 0.3) is 11.1 Å². The summed E-state index contributed by atoms with van der Waals surface area (Å²) in [5.74, 6) is -0.947. The molecular weight excluding hydrogens is 348 g/mol. The molecule has 0 aliphatic carbocycles. The summed E-state index contributed by atoms with van der Waals surface area (Å²) in [6, 6.07) is 13.2. The van der Waals surface area contributed by atoms with Gasteiger partial charge in [-0.05, 0) is 49.1 Å². The van der Waals surface area contributed by atoms with Crippen LogP contribution < -0.4 is 0 Å². The topological polar surface area (TPSA) is 37.3 Å². The van der Waals surface area contributed by atoms with Gasteiger partial charge < -0.3 is 5.11 Å². The van der Waals surface area contributed by atoms with E-state index >= 15 is 0 Å². The second-order valence-electron chi connectivity index (χ2n) is 3.46. The van der Waals surface area contributed by atoms with E-state index in [1.807, 2.05) is 30.3 Å². The van der Waals surface area contributed by atoms with E-state index in [0.29, 0.717) is 4.47 Å². The van der Waals surface area contributed by atoms with E-state index in [1.54, 1.807) is 12.1 Å². The largest absolute Gasteiger partial charge is 0.478 e. The van der Waals surface area contributed by atoms with Crippen LogP contribution in [-0.2, 0) is 0 Å². The van der Waals surface area contributed by atoms with E-state index in [2.05, 4.69) is 31.9 Å². The molecule has 0 heterocycles. The lowest BCUT2D eigenvalue weighted by Gasteiger charge is -2.08. The van der Waals surface area contributed by atoms with E-state index in [4.69, 9.17) is 5.11 Å². The third-order valence-electron chi connectivity index (χ3n) is 2.40. The van der Waals surface area contributed by atoms with Crippen LogP contribution in [0, 0.1) is 0 Å². The smallest absolute Gasteiger partial charge is 0.336 e. The molecule has 0 saturated heterocycles. The Hall–Kier alpha value is -1.13. The maximum absolute atomic E-state index is 11.0. The van der Waals surface area contributed by atoms with Crippen molar-refractivity contribution >= 4 is 37.8 Å². The molecule has 0 aromatic heterocycles. The molecule has 0 bridgehead atoms. The molecule has 0 unspecified atom stereocenters. The summed E-state index contributed by atoms with van der Waals surface area (Å²) < 4.78 is 1.31. The minimum atomic E-state index is -0.947. The lowest BCUT2D eigenvalue weighted by atomic mass is 10.0. The molecule has 86 valence electrons. The molecule has 2 rings (SSSR count). The predicted octanol–water partition coefficient (Wildman–Crippen LogP) is 4.58. The van der Waals surface area contributed by atoms with E-state index in [0.717, 1.165) is 15.6 Å². The summed E-state index contributed by atoms with van der Waals surface area (Å²) in [4.78, 5) is 11.0. The lowest BCUT2D eigenvalue weighted by molar-refractivity contribution is 0.0696. The predicted molar refractivity (Wildman–Crippen MR) is 74.2 cm³/mol. The summed E-state index contributed by atoms with van der Waals surface area (Å²) >= 11 is 6.73. The van der Waals surface area contributed by atoms with Crippen molar-refractivity contribution in [1.82, 2.24) is 0 Å². The van der Waals surface area contributed by atoms with Gasteiger partial charge in [-0.15, -0.1) is 0 Å². The number of carboxylic acid groups (broad SMARTS) is 1. The van der Waals surface area contributed by atoms with Crippen molar-refractivity contribution in [3.63, 3.8) is 0 Å². The van der Waals surface area contributed by atoms with Crippen LogP contribution >= 0.6 is 31.9 Å². The van der Waals surface area contributed by atoms with E-state index in [1.165, 1.54) is 0 Å². The summed E-state index contributed by atoms with van der Waals surface area (Å²) in [7, 11) is 0. The van der Waals surface area contributed by atoms with Gasteiger partial charge in [-0.1, -0.05) is 36.4 Å². The Kier molecular flexibility index (Phi) is 3.64. The molecule has 2 aromatic carbocycles. The molecule has 2 nitrogen and oxygen atoms in total. The average molecular weight is 356 g/mol. The fraction of sp³-hybridized carbons (Fsp3) is 0. The zero-order valence-corrected chi connectivity index (χ0v) is 11.8. The molecule has 0 spiro atoms. The van der Waals surface area contributed by atoms with Gasteiger partial charge in [0.15, 0.2) is 0 Å². The Bertz CT molecular complexity index is 565. The molecule has 2 aromatic rings. The molecular formula is C13H8Br2O2. The minimum Gasteiger partial charge on any atom is -0.478 e. The molecule has 0 aliphatic heterocycles. The van der Waals surface area contributed by atoms with Crippen molar-refractivity contribution in [2.24, 2.45) is 0 Å². The summed E-state index contributed by atoms with van der Waals surface area (Å²) in [6.07, 6.45) is 0. The van der Waals surface area contributed by atoms with Crippen molar-refractivity contribution in [3.8, 4) is 11.1 Å². The van der Waals surface area contributed by atoms with Gasteiger partial charge in [0.05, 0.1) is 5.56 Å². The van der Waals surface area contributed by atoms with Crippen LogP contribution in [0.15, 0.2) is 51.4 Å². The molecule has 0 amide bonds. The fourth-order valence-electron chi connectivity index (χ4n) is 1.56. The van der Waals surface area contributed by atoms with E-state index < -0.39 is 5.97 Å². The maximum Gasteiger partial charge on any atom is 0.336 e. The maximum atomic E-state index is 11.0. The van der Waals surface area contributed by atoms with Crippen LogP contribution in [0.5, 0.6) is 0 Å². The Morgan fingerprint density at radius 2 is 1.59 bits per heavy atom. The number of carbonyl (C=O) groups is 1. The fourth-order valence-corrected chi connectivity index (χ4v) is 2.65.